The van der Waals surface area contributed by atoms with Crippen molar-refractivity contribution in [2.75, 3.05) is 20.7 Å². The zero-order valence-corrected chi connectivity index (χ0v) is 15.0. The van der Waals surface area contributed by atoms with Gasteiger partial charge in [-0.05, 0) is 68.5 Å². The second-order valence-electron chi connectivity index (χ2n) is 7.55. The number of fused-ring (bicyclic) bond motifs is 1. The summed E-state index contributed by atoms with van der Waals surface area (Å²) in [5.41, 5.74) is 3.67. The summed E-state index contributed by atoms with van der Waals surface area (Å²) in [5.74, 6) is 1.08. The number of carboxylic acids is 1. The van der Waals surface area contributed by atoms with Crippen LogP contribution < -0.4 is 4.74 Å². The summed E-state index contributed by atoms with van der Waals surface area (Å²) in [7, 11) is 4.12. The first-order valence-corrected chi connectivity index (χ1v) is 9.05. The van der Waals surface area contributed by atoms with Gasteiger partial charge in [0, 0.05) is 18.4 Å². The normalized spacial score (nSPS) is 29.9. The molecule has 1 aromatic rings. The van der Waals surface area contributed by atoms with E-state index in [2.05, 4.69) is 30.1 Å². The Balaban J connectivity index is 0.000000411. The molecular formula is C20H31CaNO3. The van der Waals surface area contributed by atoms with Crippen LogP contribution in [0.5, 0.6) is 5.75 Å². The molecule has 25 heavy (non-hydrogen) atoms. The summed E-state index contributed by atoms with van der Waals surface area (Å²) in [6.45, 7) is 2.35. The Morgan fingerprint density at radius 3 is 2.72 bits per heavy atom. The number of likely N-dealkylation sites (N-methyl/N-ethyl adjacent to an activating group) is 1. The molecular weight excluding hydrogens is 342 g/mol. The zero-order chi connectivity index (χ0) is 17.3. The molecule has 1 N–H and O–H groups in total. The van der Waals surface area contributed by atoms with Gasteiger partial charge in [0.15, 0.2) is 0 Å². The molecule has 2 aliphatic carbocycles. The molecule has 0 aromatic heterocycles. The molecule has 3 atom stereocenters. The van der Waals surface area contributed by atoms with Crippen LogP contribution in [0.3, 0.4) is 0 Å². The van der Waals surface area contributed by atoms with E-state index in [9.17, 15) is 0 Å². The number of hydrogen-bond acceptors (Lipinski definition) is 3. The van der Waals surface area contributed by atoms with Gasteiger partial charge in [0.25, 0.3) is 5.97 Å². The molecule has 1 saturated heterocycles. The molecule has 5 heteroatoms. The Kier molecular flexibility index (Phi) is 7.23. The fraction of sp³-hybridized carbons (Fsp3) is 0.650. The van der Waals surface area contributed by atoms with Crippen LogP contribution in [-0.2, 0) is 16.6 Å². The van der Waals surface area contributed by atoms with Gasteiger partial charge < -0.3 is 14.7 Å². The average molecular weight is 374 g/mol. The third-order valence-electron chi connectivity index (χ3n) is 6.32. The van der Waals surface area contributed by atoms with Crippen molar-refractivity contribution in [3.63, 3.8) is 0 Å². The molecule has 1 aliphatic heterocycles. The summed E-state index contributed by atoms with van der Waals surface area (Å²) in [6.07, 6.45) is 8.22. The number of aliphatic carboxylic acids is 1. The predicted octanol–water partition coefficient (Wildman–Crippen LogP) is 2.56. The number of benzene rings is 1. The van der Waals surface area contributed by atoms with Gasteiger partial charge in [-0.2, -0.15) is 0 Å². The fourth-order valence-corrected chi connectivity index (χ4v) is 5.30. The van der Waals surface area contributed by atoms with E-state index in [0.29, 0.717) is 5.41 Å². The van der Waals surface area contributed by atoms with Crippen molar-refractivity contribution in [3.8, 4) is 5.75 Å². The van der Waals surface area contributed by atoms with Crippen LogP contribution in [0.4, 0.5) is 0 Å². The van der Waals surface area contributed by atoms with Crippen LogP contribution in [0.1, 0.15) is 50.2 Å². The van der Waals surface area contributed by atoms with Crippen LogP contribution >= 0.6 is 0 Å². The van der Waals surface area contributed by atoms with Gasteiger partial charge in [-0.25, -0.2) is 0 Å². The zero-order valence-electron chi connectivity index (χ0n) is 15.0. The molecule has 4 rings (SSSR count). The molecule has 2 bridgehead atoms. The maximum absolute atomic E-state index is 9.00. The number of carbonyl (C=O) groups is 1. The minimum absolute atomic E-state index is 0. The number of hydrogen-bond donors (Lipinski definition) is 1. The number of piperidine rings is 1. The van der Waals surface area contributed by atoms with E-state index in [0.717, 1.165) is 24.6 Å². The van der Waals surface area contributed by atoms with E-state index < -0.39 is 5.97 Å². The third kappa shape index (κ3) is 4.02. The van der Waals surface area contributed by atoms with Gasteiger partial charge in [0.05, 0.1) is 7.11 Å². The van der Waals surface area contributed by atoms with E-state index in [-0.39, 0.29) is 37.7 Å². The van der Waals surface area contributed by atoms with Gasteiger partial charge in [0.2, 0.25) is 0 Å². The number of rotatable bonds is 1. The van der Waals surface area contributed by atoms with E-state index in [1.54, 1.807) is 18.2 Å². The summed E-state index contributed by atoms with van der Waals surface area (Å²) in [5, 5.41) is 7.42. The molecule has 1 aromatic carbocycles. The van der Waals surface area contributed by atoms with Gasteiger partial charge >= 0.3 is 37.7 Å². The van der Waals surface area contributed by atoms with E-state index in [1.165, 1.54) is 45.1 Å². The second-order valence-corrected chi connectivity index (χ2v) is 7.55. The SMILES string of the molecule is CC(=O)O.COc1ccc2c(c1)[C@]13CCCC[C@@H]1[C@H](C2)N(C)CC3.[CaH2]. The van der Waals surface area contributed by atoms with Crippen LogP contribution in [0, 0.1) is 5.92 Å². The number of nitrogens with zero attached hydrogens (tertiary/aromatic N) is 1. The molecule has 0 unspecified atom stereocenters. The molecule has 3 aliphatic rings. The second kappa shape index (κ2) is 8.60. The fourth-order valence-electron chi connectivity index (χ4n) is 5.30. The van der Waals surface area contributed by atoms with Crippen molar-refractivity contribution >= 4 is 43.7 Å². The van der Waals surface area contributed by atoms with Gasteiger partial charge in [0.1, 0.15) is 5.75 Å². The van der Waals surface area contributed by atoms with Crippen molar-refractivity contribution in [1.29, 1.82) is 0 Å². The average Bonchev–Trinajstić information content (AvgIpc) is 2.57. The Morgan fingerprint density at radius 2 is 2.04 bits per heavy atom. The van der Waals surface area contributed by atoms with Gasteiger partial charge in [-0.1, -0.05) is 18.9 Å². The standard InChI is InChI=1S/C18H25NO.C2H4O2.Ca.2H/c1-19-10-9-18-8-4-3-5-15(18)17(19)11-13-6-7-14(20-2)12-16(13)18;1-2(3)4;;;/h6-7,12,15,17H,3-5,8-11H2,1-2H3;1H3,(H,3,4);;;/t15-,17+,18+;;;;/m1..../s1. The van der Waals surface area contributed by atoms with Crippen LogP contribution in [-0.4, -0.2) is 80.5 Å². The first-order valence-electron chi connectivity index (χ1n) is 9.05. The summed E-state index contributed by atoms with van der Waals surface area (Å²) in [6, 6.07) is 7.60. The molecule has 2 fully saturated rings. The van der Waals surface area contributed by atoms with Crippen molar-refractivity contribution < 1.29 is 14.6 Å². The van der Waals surface area contributed by atoms with Gasteiger partial charge in [-0.15, -0.1) is 0 Å². The van der Waals surface area contributed by atoms with Gasteiger partial charge in [-0.3, -0.25) is 4.79 Å². The quantitative estimate of drug-likeness (QED) is 0.769. The van der Waals surface area contributed by atoms with Crippen LogP contribution in [0.15, 0.2) is 18.2 Å². The Hall–Kier alpha value is -0.290. The van der Waals surface area contributed by atoms with E-state index >= 15 is 0 Å². The molecule has 1 heterocycles. The maximum atomic E-state index is 9.00. The molecule has 0 spiro atoms. The van der Waals surface area contributed by atoms with Crippen molar-refractivity contribution in [3.05, 3.63) is 29.3 Å². The van der Waals surface area contributed by atoms with Crippen molar-refractivity contribution in [2.24, 2.45) is 5.92 Å². The Morgan fingerprint density at radius 1 is 1.32 bits per heavy atom. The number of ether oxygens (including phenoxy) is 1. The summed E-state index contributed by atoms with van der Waals surface area (Å²) >= 11 is 0. The Labute approximate surface area is 180 Å². The van der Waals surface area contributed by atoms with E-state index in [4.69, 9.17) is 14.6 Å². The minimum atomic E-state index is -0.833. The molecule has 4 nitrogen and oxygen atoms in total. The monoisotopic (exact) mass is 373 g/mol. The number of likely N-dealkylation sites (tertiary alicyclic amines) is 1. The molecule has 0 amide bonds. The van der Waals surface area contributed by atoms with Crippen LogP contribution in [0.2, 0.25) is 0 Å². The predicted molar refractivity (Wildman–Crippen MR) is 103 cm³/mol. The first-order chi connectivity index (χ1) is 11.5. The topological polar surface area (TPSA) is 49.8 Å². The summed E-state index contributed by atoms with van der Waals surface area (Å²) < 4.78 is 5.51. The Bertz CT molecular complexity index is 617. The molecule has 136 valence electrons. The van der Waals surface area contributed by atoms with Crippen molar-refractivity contribution in [1.82, 2.24) is 4.90 Å². The third-order valence-corrected chi connectivity index (χ3v) is 6.32. The molecule has 0 radical (unpaired) electrons. The van der Waals surface area contributed by atoms with E-state index in [1.807, 2.05) is 0 Å². The first kappa shape index (κ1) is 21.0. The molecule has 1 saturated carbocycles. The number of carboxylic acid groups (broad SMARTS) is 1. The van der Waals surface area contributed by atoms with Crippen molar-refractivity contribution in [2.45, 2.75) is 56.9 Å². The summed E-state index contributed by atoms with van der Waals surface area (Å²) in [4.78, 5) is 11.6. The van der Waals surface area contributed by atoms with Crippen LogP contribution in [0.25, 0.3) is 0 Å². The number of methoxy groups -OCH3 is 1.